The highest BCUT2D eigenvalue weighted by Gasteiger charge is 2.30. The third-order valence-corrected chi connectivity index (χ3v) is 5.51. The molecule has 0 aliphatic carbocycles. The molecule has 2 aromatic carbocycles. The van der Waals surface area contributed by atoms with Gasteiger partial charge in [0.1, 0.15) is 12.3 Å². The molecule has 2 aliphatic heterocycles. The molecule has 10 nitrogen and oxygen atoms in total. The lowest BCUT2D eigenvalue weighted by atomic mass is 10.1. The lowest BCUT2D eigenvalue weighted by Gasteiger charge is -2.28. The van der Waals surface area contributed by atoms with Gasteiger partial charge in [0.25, 0.3) is 17.5 Å². The molecule has 4 rings (SSSR count). The average molecular weight is 459 g/mol. The number of fused-ring (bicyclic) bond motifs is 1. The first-order valence-electron chi connectivity index (χ1n) is 9.94. The number of amides is 3. The molecule has 0 aromatic heterocycles. The smallest absolute Gasteiger partial charge is 0.271 e. The third-order valence-electron chi connectivity index (χ3n) is 5.28. The van der Waals surface area contributed by atoms with E-state index in [4.69, 9.17) is 16.3 Å². The largest absolute Gasteiger partial charge is 0.482 e. The van der Waals surface area contributed by atoms with Gasteiger partial charge < -0.3 is 15.0 Å². The van der Waals surface area contributed by atoms with Gasteiger partial charge in [-0.15, -0.1) is 0 Å². The summed E-state index contributed by atoms with van der Waals surface area (Å²) in [7, 11) is 0. The highest BCUT2D eigenvalue weighted by atomic mass is 35.5. The Morgan fingerprint density at radius 2 is 1.91 bits per heavy atom. The summed E-state index contributed by atoms with van der Waals surface area (Å²) in [5.74, 6) is -1.06. The Kier molecular flexibility index (Phi) is 5.95. The van der Waals surface area contributed by atoms with Gasteiger partial charge in [-0.1, -0.05) is 11.6 Å². The van der Waals surface area contributed by atoms with Crippen LogP contribution in [0.4, 0.5) is 17.1 Å². The first kappa shape index (κ1) is 21.6. The molecule has 0 spiro atoms. The summed E-state index contributed by atoms with van der Waals surface area (Å²) in [4.78, 5) is 51.4. The maximum Gasteiger partial charge on any atom is 0.271 e. The fourth-order valence-corrected chi connectivity index (χ4v) is 3.88. The van der Waals surface area contributed by atoms with Crippen molar-refractivity contribution in [2.45, 2.75) is 12.8 Å². The number of nitro benzene ring substituents is 1. The van der Waals surface area contributed by atoms with Crippen LogP contribution in [0.25, 0.3) is 0 Å². The Hall–Kier alpha value is -3.66. The van der Waals surface area contributed by atoms with Gasteiger partial charge in [0.05, 0.1) is 21.9 Å². The first-order valence-corrected chi connectivity index (χ1v) is 10.3. The SMILES string of the molecule is O=C(CN1C(=O)COc2ccc([N+](=O)[O-])cc21)Nc1cc(Cl)ccc1C(=O)N1CCCC1. The minimum Gasteiger partial charge on any atom is -0.482 e. The monoisotopic (exact) mass is 458 g/mol. The molecular formula is C21H19ClN4O6. The van der Waals surface area contributed by atoms with Crippen molar-refractivity contribution >= 4 is 46.4 Å². The topological polar surface area (TPSA) is 122 Å². The molecule has 166 valence electrons. The number of anilines is 2. The maximum absolute atomic E-state index is 12.9. The van der Waals surface area contributed by atoms with Crippen molar-refractivity contribution in [2.75, 3.05) is 36.5 Å². The van der Waals surface area contributed by atoms with Crippen molar-refractivity contribution in [3.63, 3.8) is 0 Å². The maximum atomic E-state index is 12.9. The second-order valence-corrected chi connectivity index (χ2v) is 7.85. The number of halogens is 1. The molecular weight excluding hydrogens is 440 g/mol. The van der Waals surface area contributed by atoms with Crippen molar-refractivity contribution in [1.29, 1.82) is 0 Å². The lowest BCUT2D eigenvalue weighted by molar-refractivity contribution is -0.384. The van der Waals surface area contributed by atoms with Gasteiger partial charge in [0.15, 0.2) is 6.61 Å². The Labute approximate surface area is 187 Å². The minimum atomic E-state index is -0.597. The van der Waals surface area contributed by atoms with Gasteiger partial charge in [-0.2, -0.15) is 0 Å². The van der Waals surface area contributed by atoms with E-state index in [2.05, 4.69) is 5.32 Å². The Morgan fingerprint density at radius 1 is 1.16 bits per heavy atom. The number of hydrogen-bond donors (Lipinski definition) is 1. The second-order valence-electron chi connectivity index (χ2n) is 7.42. The summed E-state index contributed by atoms with van der Waals surface area (Å²) >= 11 is 6.07. The van der Waals surface area contributed by atoms with Crippen molar-refractivity contribution < 1.29 is 24.0 Å². The van der Waals surface area contributed by atoms with Crippen molar-refractivity contribution in [2.24, 2.45) is 0 Å². The van der Waals surface area contributed by atoms with E-state index in [1.165, 1.54) is 24.3 Å². The summed E-state index contributed by atoms with van der Waals surface area (Å²) < 4.78 is 5.31. The fraction of sp³-hybridized carbons (Fsp3) is 0.286. The molecule has 0 radical (unpaired) electrons. The van der Waals surface area contributed by atoms with Crippen molar-refractivity contribution in [1.82, 2.24) is 4.90 Å². The Bertz CT molecular complexity index is 1120. The molecule has 2 aromatic rings. The fourth-order valence-electron chi connectivity index (χ4n) is 3.71. The molecule has 1 N–H and O–H groups in total. The zero-order chi connectivity index (χ0) is 22.8. The first-order chi connectivity index (χ1) is 15.3. The predicted molar refractivity (Wildman–Crippen MR) is 116 cm³/mol. The summed E-state index contributed by atoms with van der Waals surface area (Å²) in [5.41, 5.74) is 0.430. The van der Waals surface area contributed by atoms with E-state index < -0.39 is 23.3 Å². The van der Waals surface area contributed by atoms with E-state index in [1.54, 1.807) is 17.0 Å². The number of likely N-dealkylation sites (tertiary alicyclic amines) is 1. The number of carbonyl (C=O) groups excluding carboxylic acids is 3. The van der Waals surface area contributed by atoms with Crippen LogP contribution in [-0.2, 0) is 9.59 Å². The van der Waals surface area contributed by atoms with Crippen LogP contribution in [0.2, 0.25) is 5.02 Å². The van der Waals surface area contributed by atoms with Crippen LogP contribution in [0.5, 0.6) is 5.75 Å². The molecule has 0 atom stereocenters. The predicted octanol–water partition coefficient (Wildman–Crippen LogP) is 2.85. The van der Waals surface area contributed by atoms with Gasteiger partial charge in [-0.25, -0.2) is 0 Å². The van der Waals surface area contributed by atoms with E-state index in [0.29, 0.717) is 23.7 Å². The van der Waals surface area contributed by atoms with E-state index >= 15 is 0 Å². The summed E-state index contributed by atoms with van der Waals surface area (Å²) in [5, 5.41) is 14.1. The van der Waals surface area contributed by atoms with E-state index in [1.807, 2.05) is 0 Å². The third kappa shape index (κ3) is 4.35. The summed E-state index contributed by atoms with van der Waals surface area (Å²) in [6.45, 7) is 0.577. The standard InChI is InChI=1S/C21H19ClN4O6/c22-13-3-5-15(21(29)24-7-1-2-8-24)16(9-13)23-19(27)11-25-17-10-14(26(30)31)4-6-18(17)32-12-20(25)28/h3-6,9-10H,1-2,7-8,11-12H2,(H,23,27). The van der Waals surface area contributed by atoms with Crippen molar-refractivity contribution in [3.8, 4) is 5.75 Å². The van der Waals surface area contributed by atoms with Crippen LogP contribution >= 0.6 is 11.6 Å². The molecule has 3 amide bonds. The molecule has 32 heavy (non-hydrogen) atoms. The highest BCUT2D eigenvalue weighted by Crippen LogP contribution is 2.35. The van der Waals surface area contributed by atoms with Gasteiger partial charge >= 0.3 is 0 Å². The number of nitro groups is 1. The molecule has 0 bridgehead atoms. The molecule has 2 heterocycles. The molecule has 1 saturated heterocycles. The number of non-ortho nitro benzene ring substituents is 1. The number of nitrogens with zero attached hydrogens (tertiary/aromatic N) is 3. The number of benzene rings is 2. The van der Waals surface area contributed by atoms with E-state index in [-0.39, 0.29) is 35.3 Å². The molecule has 1 fully saturated rings. The zero-order valence-electron chi connectivity index (χ0n) is 16.9. The average Bonchev–Trinajstić information content (AvgIpc) is 3.30. The van der Waals surface area contributed by atoms with Crippen LogP contribution in [0.3, 0.4) is 0 Å². The Morgan fingerprint density at radius 3 is 2.62 bits per heavy atom. The van der Waals surface area contributed by atoms with Gasteiger partial charge in [0, 0.05) is 30.2 Å². The van der Waals surface area contributed by atoms with E-state index in [9.17, 15) is 24.5 Å². The number of hydrogen-bond acceptors (Lipinski definition) is 6. The molecule has 0 saturated carbocycles. The second kappa shape index (κ2) is 8.83. The van der Waals surface area contributed by atoms with Crippen LogP contribution in [-0.4, -0.2) is 53.8 Å². The highest BCUT2D eigenvalue weighted by molar-refractivity contribution is 6.31. The van der Waals surface area contributed by atoms with Crippen LogP contribution < -0.4 is 15.0 Å². The number of ether oxygens (including phenoxy) is 1. The molecule has 11 heteroatoms. The van der Waals surface area contributed by atoms with Gasteiger partial charge in [0.2, 0.25) is 5.91 Å². The number of rotatable bonds is 5. The van der Waals surface area contributed by atoms with Crippen LogP contribution in [0, 0.1) is 10.1 Å². The van der Waals surface area contributed by atoms with Gasteiger partial charge in [-0.05, 0) is 37.1 Å². The quantitative estimate of drug-likeness (QED) is 0.543. The van der Waals surface area contributed by atoms with Crippen LogP contribution in [0.15, 0.2) is 36.4 Å². The van der Waals surface area contributed by atoms with Crippen molar-refractivity contribution in [3.05, 3.63) is 57.1 Å². The zero-order valence-corrected chi connectivity index (χ0v) is 17.6. The van der Waals surface area contributed by atoms with E-state index in [0.717, 1.165) is 17.7 Å². The normalized spacial score (nSPS) is 15.2. The summed E-state index contributed by atoms with van der Waals surface area (Å²) in [6, 6.07) is 8.42. The lowest BCUT2D eigenvalue weighted by Crippen LogP contribution is -2.43. The summed E-state index contributed by atoms with van der Waals surface area (Å²) in [6.07, 6.45) is 1.84. The minimum absolute atomic E-state index is 0.130. The number of nitrogens with one attached hydrogen (secondary N) is 1. The molecule has 0 unspecified atom stereocenters. The Balaban J connectivity index is 1.57. The number of carbonyl (C=O) groups is 3. The van der Waals surface area contributed by atoms with Gasteiger partial charge in [-0.3, -0.25) is 29.4 Å². The molecule has 2 aliphatic rings. The van der Waals surface area contributed by atoms with Crippen LogP contribution in [0.1, 0.15) is 23.2 Å².